The van der Waals surface area contributed by atoms with Gasteiger partial charge in [0.2, 0.25) is 0 Å². The Bertz CT molecular complexity index is 1410. The predicted octanol–water partition coefficient (Wildman–Crippen LogP) is 7.15. The van der Waals surface area contributed by atoms with Crippen LogP contribution in [0.3, 0.4) is 0 Å². The highest BCUT2D eigenvalue weighted by Crippen LogP contribution is 2.23. The molecule has 0 spiro atoms. The van der Waals surface area contributed by atoms with E-state index in [-0.39, 0.29) is 42.1 Å². The molecule has 34 heavy (non-hydrogen) atoms. The highest BCUT2D eigenvalue weighted by molar-refractivity contribution is 5.84. The van der Waals surface area contributed by atoms with Crippen molar-refractivity contribution >= 4 is 10.8 Å². The zero-order valence-electron chi connectivity index (χ0n) is 18.2. The smallest absolute Gasteiger partial charge is 0.139 e. The Morgan fingerprint density at radius 2 is 1.47 bits per heavy atom. The molecule has 0 unspecified atom stereocenters. The first-order chi connectivity index (χ1) is 16.4. The van der Waals surface area contributed by atoms with Gasteiger partial charge >= 0.3 is 0 Å². The largest absolute Gasteiger partial charge is 0.489 e. The van der Waals surface area contributed by atoms with Gasteiger partial charge in [0.1, 0.15) is 35.6 Å². The van der Waals surface area contributed by atoms with Crippen molar-refractivity contribution in [3.05, 3.63) is 125 Å². The van der Waals surface area contributed by atoms with Gasteiger partial charge in [0.05, 0.1) is 5.56 Å². The average Bonchev–Trinajstić information content (AvgIpc) is 2.81. The van der Waals surface area contributed by atoms with E-state index in [0.717, 1.165) is 22.9 Å². The molecule has 0 aliphatic carbocycles. The molecule has 5 heteroatoms. The number of aryl methyl sites for hydroxylation is 1. The van der Waals surface area contributed by atoms with Gasteiger partial charge < -0.3 is 4.74 Å². The van der Waals surface area contributed by atoms with Crippen molar-refractivity contribution in [2.24, 2.45) is 0 Å². The minimum Gasteiger partial charge on any atom is -0.489 e. The van der Waals surface area contributed by atoms with E-state index >= 15 is 0 Å². The van der Waals surface area contributed by atoms with Gasteiger partial charge in [0.15, 0.2) is 0 Å². The topological polar surface area (TPSA) is 9.23 Å². The van der Waals surface area contributed by atoms with E-state index in [9.17, 15) is 17.6 Å². The molecule has 170 valence electrons. The first kappa shape index (κ1) is 23.1. The van der Waals surface area contributed by atoms with Crippen molar-refractivity contribution in [1.82, 2.24) is 0 Å². The third-order valence-corrected chi connectivity index (χ3v) is 5.32. The molecule has 0 saturated heterocycles. The Morgan fingerprint density at radius 3 is 2.21 bits per heavy atom. The molecule has 0 aliphatic rings. The lowest BCUT2D eigenvalue weighted by atomic mass is 10.0. The van der Waals surface area contributed by atoms with E-state index in [4.69, 9.17) is 4.74 Å². The second-order valence-electron chi connectivity index (χ2n) is 7.74. The Hall–Kier alpha value is -4.04. The fourth-order valence-electron chi connectivity index (χ4n) is 3.58. The summed E-state index contributed by atoms with van der Waals surface area (Å²) in [5.41, 5.74) is 1.41. The van der Waals surface area contributed by atoms with Gasteiger partial charge in [-0.1, -0.05) is 42.7 Å². The third kappa shape index (κ3) is 5.47. The Balaban J connectivity index is 1.46. The van der Waals surface area contributed by atoms with Gasteiger partial charge in [-0.2, -0.15) is 0 Å². The summed E-state index contributed by atoms with van der Waals surface area (Å²) in [6.45, 7) is 3.64. The van der Waals surface area contributed by atoms with Crippen molar-refractivity contribution in [1.29, 1.82) is 0 Å². The minimum atomic E-state index is -0.708. The van der Waals surface area contributed by atoms with Gasteiger partial charge in [0.25, 0.3) is 0 Å². The molecule has 0 aromatic heterocycles. The molecule has 4 rings (SSSR count). The lowest BCUT2D eigenvalue weighted by Gasteiger charge is -2.09. The molecule has 0 saturated carbocycles. The quantitative estimate of drug-likeness (QED) is 0.169. The van der Waals surface area contributed by atoms with Gasteiger partial charge in [0, 0.05) is 23.3 Å². The SMILES string of the molecule is C=CCOc1cc(F)c(CCc2ccc(C#Cc3ccc4cc(F)ccc4c3)c(F)c2)c(F)c1. The average molecular weight is 460 g/mol. The van der Waals surface area contributed by atoms with Crippen LogP contribution in [0.2, 0.25) is 0 Å². The molecule has 4 aromatic carbocycles. The molecular formula is C29H20F4O. The number of hydrogen-bond acceptors (Lipinski definition) is 1. The molecule has 0 N–H and O–H groups in total. The molecule has 0 atom stereocenters. The summed E-state index contributed by atoms with van der Waals surface area (Å²) in [5, 5.41) is 1.59. The fourth-order valence-corrected chi connectivity index (χ4v) is 3.58. The Labute approximate surface area is 195 Å². The molecule has 1 nitrogen and oxygen atoms in total. The van der Waals surface area contributed by atoms with Gasteiger partial charge in [-0.15, -0.1) is 0 Å². The van der Waals surface area contributed by atoms with E-state index in [0.29, 0.717) is 11.1 Å². The van der Waals surface area contributed by atoms with Crippen LogP contribution in [0.25, 0.3) is 10.8 Å². The molecule has 0 aliphatic heterocycles. The van der Waals surface area contributed by atoms with Crippen LogP contribution in [0.4, 0.5) is 17.6 Å². The Kier molecular flexibility index (Phi) is 6.98. The van der Waals surface area contributed by atoms with Crippen molar-refractivity contribution in [2.45, 2.75) is 12.8 Å². The van der Waals surface area contributed by atoms with Crippen molar-refractivity contribution in [3.63, 3.8) is 0 Å². The molecule has 0 radical (unpaired) electrons. The zero-order chi connectivity index (χ0) is 24.1. The maximum Gasteiger partial charge on any atom is 0.139 e. The first-order valence-electron chi connectivity index (χ1n) is 10.6. The van der Waals surface area contributed by atoms with E-state index in [1.54, 1.807) is 30.3 Å². The highest BCUT2D eigenvalue weighted by atomic mass is 19.1. The number of fused-ring (bicyclic) bond motifs is 1. The van der Waals surface area contributed by atoms with E-state index in [1.165, 1.54) is 24.3 Å². The number of ether oxygens (including phenoxy) is 1. The summed E-state index contributed by atoms with van der Waals surface area (Å²) in [6.07, 6.45) is 1.81. The van der Waals surface area contributed by atoms with Crippen LogP contribution in [0.1, 0.15) is 22.3 Å². The van der Waals surface area contributed by atoms with Crippen molar-refractivity contribution in [2.75, 3.05) is 6.61 Å². The summed E-state index contributed by atoms with van der Waals surface area (Å²) < 4.78 is 61.7. The molecule has 0 heterocycles. The molecular weight excluding hydrogens is 440 g/mol. The fraction of sp³-hybridized carbons (Fsp3) is 0.103. The standard InChI is InChI=1S/C29H20F4O/c1-2-13-34-25-17-28(32)26(29(33)18-25)12-6-20-4-8-21(27(31)15-20)7-3-19-5-9-23-16-24(30)11-10-22(23)14-19/h2,4-5,8-11,14-18H,1,6,12-13H2. The molecule has 4 aromatic rings. The maximum atomic E-state index is 14.6. The predicted molar refractivity (Wildman–Crippen MR) is 126 cm³/mol. The lowest BCUT2D eigenvalue weighted by Crippen LogP contribution is -2.02. The Morgan fingerprint density at radius 1 is 0.735 bits per heavy atom. The van der Waals surface area contributed by atoms with Crippen LogP contribution in [-0.2, 0) is 12.8 Å². The monoisotopic (exact) mass is 460 g/mol. The van der Waals surface area contributed by atoms with E-state index in [2.05, 4.69) is 18.4 Å². The second-order valence-corrected chi connectivity index (χ2v) is 7.74. The van der Waals surface area contributed by atoms with Crippen LogP contribution in [0.15, 0.2) is 79.4 Å². The number of benzene rings is 4. The number of halogens is 4. The normalized spacial score (nSPS) is 10.6. The number of hydrogen-bond donors (Lipinski definition) is 0. The summed E-state index contributed by atoms with van der Waals surface area (Å²) >= 11 is 0. The van der Waals surface area contributed by atoms with Gasteiger partial charge in [-0.25, -0.2) is 17.6 Å². The first-order valence-corrected chi connectivity index (χ1v) is 10.6. The van der Waals surface area contributed by atoms with E-state index < -0.39 is 17.5 Å². The highest BCUT2D eigenvalue weighted by Gasteiger charge is 2.13. The van der Waals surface area contributed by atoms with Crippen LogP contribution >= 0.6 is 0 Å². The van der Waals surface area contributed by atoms with Gasteiger partial charge in [-0.3, -0.25) is 0 Å². The zero-order valence-corrected chi connectivity index (χ0v) is 18.2. The molecule has 0 fully saturated rings. The van der Waals surface area contributed by atoms with Crippen LogP contribution in [0, 0.1) is 35.1 Å². The maximum absolute atomic E-state index is 14.6. The summed E-state index contributed by atoms with van der Waals surface area (Å²) in [7, 11) is 0. The van der Waals surface area contributed by atoms with Crippen molar-refractivity contribution < 1.29 is 22.3 Å². The minimum absolute atomic E-state index is 0.0710. The van der Waals surface area contributed by atoms with Gasteiger partial charge in [-0.05, 0) is 65.6 Å². The molecule has 0 bridgehead atoms. The van der Waals surface area contributed by atoms with Crippen molar-refractivity contribution in [3.8, 4) is 17.6 Å². The lowest BCUT2D eigenvalue weighted by molar-refractivity contribution is 0.357. The van der Waals surface area contributed by atoms with Crippen LogP contribution < -0.4 is 4.74 Å². The summed E-state index contributed by atoms with van der Waals surface area (Å²) in [5.74, 6) is 3.58. The number of rotatable bonds is 6. The van der Waals surface area contributed by atoms with Crippen LogP contribution in [0.5, 0.6) is 5.75 Å². The summed E-state index contributed by atoms with van der Waals surface area (Å²) in [4.78, 5) is 0. The van der Waals surface area contributed by atoms with E-state index in [1.807, 2.05) is 6.07 Å². The second kappa shape index (κ2) is 10.3. The molecule has 0 amide bonds. The third-order valence-electron chi connectivity index (χ3n) is 5.32. The summed E-state index contributed by atoms with van der Waals surface area (Å²) in [6, 6.07) is 16.6. The van der Waals surface area contributed by atoms with Crippen LogP contribution in [-0.4, -0.2) is 6.61 Å².